The highest BCUT2D eigenvalue weighted by Crippen LogP contribution is 2.29. The fraction of sp³-hybridized carbons (Fsp3) is 0.111. The van der Waals surface area contributed by atoms with Crippen LogP contribution in [-0.2, 0) is 11.3 Å². The average Bonchev–Trinajstić information content (AvgIpc) is 3.15. The molecule has 1 heterocycles. The third-order valence-corrected chi connectivity index (χ3v) is 3.60. The van der Waals surface area contributed by atoms with E-state index in [0.29, 0.717) is 11.3 Å². The Balaban J connectivity index is 1.79. The Kier molecular flexibility index (Phi) is 5.11. The minimum absolute atomic E-state index is 0.103. The normalized spacial score (nSPS) is 10.4. The first-order valence-corrected chi connectivity index (χ1v) is 7.68. The number of carbonyl (C=O) groups excluding carboxylic acids is 1. The van der Waals surface area contributed by atoms with Crippen molar-refractivity contribution in [2.24, 2.45) is 0 Å². The van der Waals surface area contributed by atoms with Crippen LogP contribution in [0.5, 0.6) is 5.75 Å². The minimum Gasteiger partial charge on any atom is -0.480 e. The van der Waals surface area contributed by atoms with Crippen LogP contribution >= 0.6 is 0 Å². The number of ether oxygens (including phenoxy) is 2. The molecule has 3 rings (SSSR count). The van der Waals surface area contributed by atoms with E-state index in [1.165, 1.54) is 49.8 Å². The summed E-state index contributed by atoms with van der Waals surface area (Å²) in [5.74, 6) is -0.873. The molecule has 0 fully saturated rings. The molecule has 0 unspecified atom stereocenters. The smallest absolute Gasteiger partial charge is 0.337 e. The number of nitrogens with zero attached hydrogens (tertiary/aromatic N) is 2. The van der Waals surface area contributed by atoms with Gasteiger partial charge < -0.3 is 13.9 Å². The van der Waals surface area contributed by atoms with E-state index in [4.69, 9.17) is 9.15 Å². The van der Waals surface area contributed by atoms with Gasteiger partial charge in [0.25, 0.3) is 0 Å². The maximum absolute atomic E-state index is 13.0. The number of rotatable bonds is 6. The van der Waals surface area contributed by atoms with E-state index >= 15 is 0 Å². The maximum atomic E-state index is 13.0. The van der Waals surface area contributed by atoms with E-state index in [0.717, 1.165) is 6.07 Å². The van der Waals surface area contributed by atoms with Gasteiger partial charge in [-0.2, -0.15) is 0 Å². The van der Waals surface area contributed by atoms with Crippen LogP contribution in [0.25, 0.3) is 11.5 Å². The Bertz CT molecular complexity index is 984. The zero-order chi connectivity index (χ0) is 19.4. The van der Waals surface area contributed by atoms with Crippen LogP contribution in [0, 0.1) is 15.9 Å². The fourth-order valence-electron chi connectivity index (χ4n) is 2.28. The third-order valence-electron chi connectivity index (χ3n) is 3.60. The van der Waals surface area contributed by atoms with E-state index in [9.17, 15) is 19.3 Å². The van der Waals surface area contributed by atoms with Gasteiger partial charge in [0.1, 0.15) is 24.4 Å². The molecular formula is C18H13FN2O6. The molecular weight excluding hydrogens is 359 g/mol. The molecule has 0 saturated carbocycles. The molecule has 8 nitrogen and oxygen atoms in total. The number of hydrogen-bond donors (Lipinski definition) is 0. The summed E-state index contributed by atoms with van der Waals surface area (Å²) in [5, 5.41) is 11.1. The summed E-state index contributed by atoms with van der Waals surface area (Å²) in [5.41, 5.74) is 0.753. The van der Waals surface area contributed by atoms with Crippen molar-refractivity contribution in [3.05, 3.63) is 75.9 Å². The Labute approximate surface area is 152 Å². The number of nitro groups is 1. The number of oxazole rings is 1. The predicted octanol–water partition coefficient (Wildman–Crippen LogP) is 3.75. The van der Waals surface area contributed by atoms with Crippen LogP contribution < -0.4 is 4.74 Å². The quantitative estimate of drug-likeness (QED) is 0.368. The van der Waals surface area contributed by atoms with Crippen LogP contribution in [0.2, 0.25) is 0 Å². The Hall–Kier alpha value is -3.75. The lowest BCUT2D eigenvalue weighted by Gasteiger charge is -2.06. The molecule has 0 N–H and O–H groups in total. The van der Waals surface area contributed by atoms with E-state index < -0.39 is 10.9 Å². The average molecular weight is 372 g/mol. The summed E-state index contributed by atoms with van der Waals surface area (Å²) in [6.45, 7) is -0.129. The van der Waals surface area contributed by atoms with Gasteiger partial charge >= 0.3 is 11.7 Å². The van der Waals surface area contributed by atoms with Crippen molar-refractivity contribution in [3.63, 3.8) is 0 Å². The minimum atomic E-state index is -0.644. The first kappa shape index (κ1) is 18.1. The maximum Gasteiger partial charge on any atom is 0.337 e. The molecule has 27 heavy (non-hydrogen) atoms. The SMILES string of the molecule is COC(=O)c1ccc([N+](=O)[O-])c(OCc2coc(-c3ccc(F)cc3)n2)c1. The van der Waals surface area contributed by atoms with E-state index in [1.54, 1.807) is 0 Å². The molecule has 0 aliphatic rings. The summed E-state index contributed by atoms with van der Waals surface area (Å²) in [6.07, 6.45) is 1.33. The molecule has 2 aromatic carbocycles. The number of halogens is 1. The number of aromatic nitrogens is 1. The third kappa shape index (κ3) is 4.09. The largest absolute Gasteiger partial charge is 0.480 e. The molecule has 1 aromatic heterocycles. The van der Waals surface area contributed by atoms with Crippen LogP contribution in [0.3, 0.4) is 0 Å². The highest BCUT2D eigenvalue weighted by molar-refractivity contribution is 5.90. The standard InChI is InChI=1S/C18H13FN2O6/c1-25-18(22)12-4-7-15(21(23)24)16(8-12)26-9-14-10-27-17(20-14)11-2-5-13(19)6-3-11/h2-8,10H,9H2,1H3. The number of nitro benzene ring substituents is 1. The van der Waals surface area contributed by atoms with Crippen molar-refractivity contribution in [1.29, 1.82) is 0 Å². The van der Waals surface area contributed by atoms with Gasteiger partial charge in [-0.1, -0.05) is 0 Å². The number of carbonyl (C=O) groups is 1. The first-order chi connectivity index (χ1) is 13.0. The van der Waals surface area contributed by atoms with Crippen molar-refractivity contribution >= 4 is 11.7 Å². The van der Waals surface area contributed by atoms with Crippen LogP contribution in [0.1, 0.15) is 16.1 Å². The molecule has 0 spiro atoms. The highest BCUT2D eigenvalue weighted by Gasteiger charge is 2.19. The summed E-state index contributed by atoms with van der Waals surface area (Å²) in [7, 11) is 1.21. The van der Waals surface area contributed by atoms with Crippen LogP contribution in [0.4, 0.5) is 10.1 Å². The zero-order valence-electron chi connectivity index (χ0n) is 14.0. The van der Waals surface area contributed by atoms with Gasteiger partial charge in [0, 0.05) is 17.7 Å². The fourth-order valence-corrected chi connectivity index (χ4v) is 2.28. The molecule has 0 bridgehead atoms. The van der Waals surface area contributed by atoms with E-state index in [2.05, 4.69) is 9.72 Å². The van der Waals surface area contributed by atoms with Crippen LogP contribution in [0.15, 0.2) is 53.1 Å². The zero-order valence-corrected chi connectivity index (χ0v) is 14.0. The number of hydrogen-bond acceptors (Lipinski definition) is 7. The number of methoxy groups -OCH3 is 1. The van der Waals surface area contributed by atoms with Crippen molar-refractivity contribution in [2.75, 3.05) is 7.11 Å². The Morgan fingerprint density at radius 2 is 2.00 bits per heavy atom. The molecule has 9 heteroatoms. The van der Waals surface area contributed by atoms with Gasteiger partial charge in [-0.05, 0) is 30.3 Å². The van der Waals surface area contributed by atoms with Crippen molar-refractivity contribution in [3.8, 4) is 17.2 Å². The number of esters is 1. The molecule has 0 atom stereocenters. The molecule has 0 aliphatic heterocycles. The summed E-state index contributed by atoms with van der Waals surface area (Å²) < 4.78 is 28.3. The molecule has 0 radical (unpaired) electrons. The van der Waals surface area contributed by atoms with Gasteiger partial charge in [0.05, 0.1) is 17.6 Å². The van der Waals surface area contributed by atoms with Gasteiger partial charge in [-0.15, -0.1) is 0 Å². The second-order valence-corrected chi connectivity index (χ2v) is 5.37. The van der Waals surface area contributed by atoms with Crippen LogP contribution in [-0.4, -0.2) is 23.0 Å². The van der Waals surface area contributed by atoms with Crippen molar-refractivity contribution in [2.45, 2.75) is 6.61 Å². The molecule has 138 valence electrons. The number of benzene rings is 2. The summed E-state index contributed by atoms with van der Waals surface area (Å²) in [4.78, 5) is 26.3. The van der Waals surface area contributed by atoms with E-state index in [-0.39, 0.29) is 35.3 Å². The monoisotopic (exact) mass is 372 g/mol. The predicted molar refractivity (Wildman–Crippen MR) is 90.7 cm³/mol. The Morgan fingerprint density at radius 3 is 2.67 bits per heavy atom. The second-order valence-electron chi connectivity index (χ2n) is 5.37. The lowest BCUT2D eigenvalue weighted by molar-refractivity contribution is -0.385. The highest BCUT2D eigenvalue weighted by atomic mass is 19.1. The van der Waals surface area contributed by atoms with E-state index in [1.807, 2.05) is 0 Å². The lowest BCUT2D eigenvalue weighted by atomic mass is 10.2. The van der Waals surface area contributed by atoms with Gasteiger partial charge in [-0.3, -0.25) is 10.1 Å². The summed E-state index contributed by atoms with van der Waals surface area (Å²) in [6, 6.07) is 9.24. The first-order valence-electron chi connectivity index (χ1n) is 7.68. The van der Waals surface area contributed by atoms with Crippen molar-refractivity contribution < 1.29 is 28.0 Å². The van der Waals surface area contributed by atoms with Crippen molar-refractivity contribution in [1.82, 2.24) is 4.98 Å². The molecule has 0 saturated heterocycles. The lowest BCUT2D eigenvalue weighted by Crippen LogP contribution is -2.04. The molecule has 0 amide bonds. The Morgan fingerprint density at radius 1 is 1.26 bits per heavy atom. The van der Waals surface area contributed by atoms with Gasteiger partial charge in [-0.25, -0.2) is 14.2 Å². The second kappa shape index (κ2) is 7.65. The van der Waals surface area contributed by atoms with Gasteiger partial charge in [0.15, 0.2) is 5.75 Å². The van der Waals surface area contributed by atoms with Gasteiger partial charge in [0.2, 0.25) is 5.89 Å². The molecule has 0 aliphatic carbocycles. The topological polar surface area (TPSA) is 105 Å². The summed E-state index contributed by atoms with van der Waals surface area (Å²) >= 11 is 0. The molecule has 3 aromatic rings.